The third-order valence-corrected chi connectivity index (χ3v) is 9.29. The Balaban J connectivity index is 2.26. The zero-order valence-electron chi connectivity index (χ0n) is 29.3. The van der Waals surface area contributed by atoms with Gasteiger partial charge in [-0.3, -0.25) is 24.1 Å². The van der Waals surface area contributed by atoms with Gasteiger partial charge in [0.2, 0.25) is 23.6 Å². The highest BCUT2D eigenvalue weighted by atomic mass is 16.3. The molecular formula is C34H61N5O5. The minimum Gasteiger partial charge on any atom is -0.394 e. The Hall–Kier alpha value is -2.46. The van der Waals surface area contributed by atoms with Gasteiger partial charge in [-0.1, -0.05) is 61.0 Å². The van der Waals surface area contributed by atoms with Gasteiger partial charge < -0.3 is 25.5 Å². The molecule has 0 radical (unpaired) electrons. The van der Waals surface area contributed by atoms with Crippen LogP contribution in [0.4, 0.5) is 0 Å². The Bertz CT molecular complexity index is 1030. The molecule has 0 spiro atoms. The standard InChI is InChI=1S/C34H61N5O5/c1-21(2)25(20-40)35-30(41)27-16-14-18-39(27)32(43)24(7)19-28(22(3)4)37(11)33(44)29(34(8,9)10)36-31(42)26-15-12-13-17-38(26)23(5)6/h19,21-23,25-29,40H,12-18,20H2,1-11H3,(H,35,41)(H,36,42)/b24-19+/t25-,26-,27+,28-,29-/m1/s1. The molecule has 10 heteroatoms. The molecule has 44 heavy (non-hydrogen) atoms. The van der Waals surface area contributed by atoms with Crippen molar-refractivity contribution in [1.82, 2.24) is 25.3 Å². The summed E-state index contributed by atoms with van der Waals surface area (Å²) in [6, 6.07) is -2.13. The second-order valence-corrected chi connectivity index (χ2v) is 14.9. The molecule has 0 aromatic heterocycles. The molecule has 0 bridgehead atoms. The molecule has 2 rings (SSSR count). The Morgan fingerprint density at radius 1 is 0.886 bits per heavy atom. The van der Waals surface area contributed by atoms with Gasteiger partial charge in [-0.25, -0.2) is 0 Å². The van der Waals surface area contributed by atoms with Crippen LogP contribution >= 0.6 is 0 Å². The first-order chi connectivity index (χ1) is 20.4. The van der Waals surface area contributed by atoms with Gasteiger partial charge in [0, 0.05) is 25.2 Å². The molecule has 3 N–H and O–H groups in total. The number of carbonyl (C=O) groups is 4. The summed E-state index contributed by atoms with van der Waals surface area (Å²) in [6.07, 6.45) is 5.94. The molecule has 0 aromatic rings. The number of nitrogens with zero attached hydrogens (tertiary/aromatic N) is 3. The highest BCUT2D eigenvalue weighted by molar-refractivity contribution is 5.97. The van der Waals surface area contributed by atoms with Crippen LogP contribution in [0.1, 0.15) is 101 Å². The van der Waals surface area contributed by atoms with E-state index in [1.165, 1.54) is 0 Å². The fourth-order valence-electron chi connectivity index (χ4n) is 6.38. The first-order valence-corrected chi connectivity index (χ1v) is 16.7. The average Bonchev–Trinajstić information content (AvgIpc) is 3.45. The van der Waals surface area contributed by atoms with E-state index in [2.05, 4.69) is 29.4 Å². The lowest BCUT2D eigenvalue weighted by Crippen LogP contribution is -2.60. The molecule has 2 aliphatic rings. The number of carbonyl (C=O) groups excluding carboxylic acids is 4. The molecule has 10 nitrogen and oxygen atoms in total. The highest BCUT2D eigenvalue weighted by Gasteiger charge is 2.40. The van der Waals surface area contributed by atoms with E-state index in [0.717, 1.165) is 32.2 Å². The highest BCUT2D eigenvalue weighted by Crippen LogP contribution is 2.27. The monoisotopic (exact) mass is 619 g/mol. The van der Waals surface area contributed by atoms with Crippen LogP contribution in [-0.2, 0) is 19.2 Å². The zero-order chi connectivity index (χ0) is 33.5. The molecule has 0 saturated carbocycles. The SMILES string of the molecule is C/C(=C\[C@H](C(C)C)N(C)C(=O)[C@@H](NC(=O)[C@H]1CCCCN1C(C)C)C(C)(C)C)C(=O)N1CCC[C@H]1C(=O)N[C@H](CO)C(C)C. The number of hydrogen-bond donors (Lipinski definition) is 3. The van der Waals surface area contributed by atoms with Crippen LogP contribution in [0.5, 0.6) is 0 Å². The van der Waals surface area contributed by atoms with Crippen molar-refractivity contribution in [3.8, 4) is 0 Å². The maximum absolute atomic E-state index is 14.1. The molecule has 5 atom stereocenters. The number of hydrogen-bond acceptors (Lipinski definition) is 6. The number of aliphatic hydroxyl groups is 1. The third kappa shape index (κ3) is 9.52. The largest absolute Gasteiger partial charge is 0.394 e. The molecule has 2 aliphatic heterocycles. The number of piperidine rings is 1. The number of rotatable bonds is 12. The topological polar surface area (TPSA) is 122 Å². The van der Waals surface area contributed by atoms with E-state index in [1.54, 1.807) is 23.8 Å². The molecule has 0 aromatic carbocycles. The third-order valence-electron chi connectivity index (χ3n) is 9.29. The second kappa shape index (κ2) is 16.2. The number of likely N-dealkylation sites (tertiary alicyclic amines) is 2. The van der Waals surface area contributed by atoms with Crippen LogP contribution in [0.25, 0.3) is 0 Å². The minimum absolute atomic E-state index is 0.00757. The Morgan fingerprint density at radius 3 is 2.00 bits per heavy atom. The van der Waals surface area contributed by atoms with Crippen LogP contribution in [0.3, 0.4) is 0 Å². The Kier molecular flexibility index (Phi) is 13.9. The van der Waals surface area contributed by atoms with Gasteiger partial charge in [0.05, 0.1) is 24.7 Å². The van der Waals surface area contributed by atoms with E-state index in [-0.39, 0.29) is 60.2 Å². The van der Waals surface area contributed by atoms with Crippen molar-refractivity contribution in [2.75, 3.05) is 26.7 Å². The van der Waals surface area contributed by atoms with E-state index in [4.69, 9.17) is 0 Å². The molecule has 0 unspecified atom stereocenters. The molecule has 2 heterocycles. The maximum atomic E-state index is 14.1. The van der Waals surface area contributed by atoms with Crippen molar-refractivity contribution in [2.24, 2.45) is 17.3 Å². The van der Waals surface area contributed by atoms with Crippen molar-refractivity contribution >= 4 is 23.6 Å². The van der Waals surface area contributed by atoms with Crippen molar-refractivity contribution in [3.05, 3.63) is 11.6 Å². The van der Waals surface area contributed by atoms with Gasteiger partial charge in [0.1, 0.15) is 12.1 Å². The Labute approximate surface area is 266 Å². The minimum atomic E-state index is -0.742. The number of likely N-dealkylation sites (N-methyl/N-ethyl adjacent to an activating group) is 1. The van der Waals surface area contributed by atoms with Crippen molar-refractivity contribution in [2.45, 2.75) is 138 Å². The Morgan fingerprint density at radius 2 is 1.48 bits per heavy atom. The average molecular weight is 620 g/mol. The normalized spacial score (nSPS) is 22.2. The van der Waals surface area contributed by atoms with E-state index < -0.39 is 23.5 Å². The predicted molar refractivity (Wildman–Crippen MR) is 175 cm³/mol. The van der Waals surface area contributed by atoms with Gasteiger partial charge in [-0.2, -0.15) is 0 Å². The summed E-state index contributed by atoms with van der Waals surface area (Å²) < 4.78 is 0. The van der Waals surface area contributed by atoms with Crippen LogP contribution in [0, 0.1) is 17.3 Å². The number of aliphatic hydroxyl groups excluding tert-OH is 1. The van der Waals surface area contributed by atoms with Gasteiger partial charge >= 0.3 is 0 Å². The van der Waals surface area contributed by atoms with Crippen molar-refractivity contribution < 1.29 is 24.3 Å². The fraction of sp³-hybridized carbons (Fsp3) is 0.824. The lowest BCUT2D eigenvalue weighted by atomic mass is 9.84. The van der Waals surface area contributed by atoms with Crippen molar-refractivity contribution in [3.63, 3.8) is 0 Å². The fourth-order valence-corrected chi connectivity index (χ4v) is 6.38. The summed E-state index contributed by atoms with van der Waals surface area (Å²) in [4.78, 5) is 59.9. The first kappa shape index (κ1) is 37.7. The summed E-state index contributed by atoms with van der Waals surface area (Å²) in [5.74, 6) is -0.730. The van der Waals surface area contributed by atoms with Gasteiger partial charge in [0.15, 0.2) is 0 Å². The zero-order valence-corrected chi connectivity index (χ0v) is 29.3. The van der Waals surface area contributed by atoms with Gasteiger partial charge in [-0.05, 0) is 70.3 Å². The van der Waals surface area contributed by atoms with Crippen LogP contribution in [0.15, 0.2) is 11.6 Å². The van der Waals surface area contributed by atoms with E-state index >= 15 is 0 Å². The molecule has 252 valence electrons. The van der Waals surface area contributed by atoms with E-state index in [1.807, 2.05) is 54.5 Å². The first-order valence-electron chi connectivity index (χ1n) is 16.7. The number of amides is 4. The van der Waals surface area contributed by atoms with E-state index in [0.29, 0.717) is 18.5 Å². The molecule has 2 saturated heterocycles. The summed E-state index contributed by atoms with van der Waals surface area (Å²) in [7, 11) is 1.74. The number of nitrogens with one attached hydrogen (secondary N) is 2. The van der Waals surface area contributed by atoms with Gasteiger partial charge in [0.25, 0.3) is 0 Å². The summed E-state index contributed by atoms with van der Waals surface area (Å²) >= 11 is 0. The van der Waals surface area contributed by atoms with Crippen molar-refractivity contribution in [1.29, 1.82) is 0 Å². The molecule has 4 amide bonds. The van der Waals surface area contributed by atoms with Crippen LogP contribution in [0.2, 0.25) is 0 Å². The van der Waals surface area contributed by atoms with E-state index in [9.17, 15) is 24.3 Å². The van der Waals surface area contributed by atoms with Crippen LogP contribution in [-0.4, -0.2) is 106 Å². The summed E-state index contributed by atoms with van der Waals surface area (Å²) in [5, 5.41) is 15.7. The smallest absolute Gasteiger partial charge is 0.249 e. The van der Waals surface area contributed by atoms with Crippen LogP contribution < -0.4 is 10.6 Å². The lowest BCUT2D eigenvalue weighted by molar-refractivity contribution is -0.142. The lowest BCUT2D eigenvalue weighted by Gasteiger charge is -2.41. The quantitative estimate of drug-likeness (QED) is 0.288. The second-order valence-electron chi connectivity index (χ2n) is 14.9. The van der Waals surface area contributed by atoms with Gasteiger partial charge in [-0.15, -0.1) is 0 Å². The predicted octanol–water partition coefficient (Wildman–Crippen LogP) is 3.33. The summed E-state index contributed by atoms with van der Waals surface area (Å²) in [5.41, 5.74) is -0.0655. The molecule has 2 fully saturated rings. The summed E-state index contributed by atoms with van der Waals surface area (Å²) in [6.45, 7) is 20.9. The molecule has 0 aliphatic carbocycles. The molecular weight excluding hydrogens is 558 g/mol. The maximum Gasteiger partial charge on any atom is 0.249 e.